The minimum absolute atomic E-state index is 0.0198. The molecular formula is C23H34N4O. The van der Waals surface area contributed by atoms with Crippen LogP contribution in [0.5, 0.6) is 0 Å². The van der Waals surface area contributed by atoms with Crippen molar-refractivity contribution in [1.29, 1.82) is 0 Å². The van der Waals surface area contributed by atoms with Gasteiger partial charge in [0.25, 0.3) is 5.91 Å². The van der Waals surface area contributed by atoms with Gasteiger partial charge in [-0.15, -0.1) is 0 Å². The van der Waals surface area contributed by atoms with Gasteiger partial charge in [0.2, 0.25) is 0 Å². The average molecular weight is 383 g/mol. The summed E-state index contributed by atoms with van der Waals surface area (Å²) in [5.41, 5.74) is 4.69. The van der Waals surface area contributed by atoms with Gasteiger partial charge in [-0.1, -0.05) is 19.3 Å². The van der Waals surface area contributed by atoms with Crippen LogP contribution < -0.4 is 10.6 Å². The van der Waals surface area contributed by atoms with Crippen LogP contribution in [0.15, 0.2) is 18.2 Å². The molecule has 1 amide bonds. The summed E-state index contributed by atoms with van der Waals surface area (Å²) in [6.07, 6.45) is 10.2. The molecule has 0 aliphatic heterocycles. The van der Waals surface area contributed by atoms with Gasteiger partial charge in [0, 0.05) is 47.3 Å². The zero-order valence-corrected chi connectivity index (χ0v) is 17.3. The molecule has 1 heterocycles. The van der Waals surface area contributed by atoms with Crippen molar-refractivity contribution in [1.82, 2.24) is 20.5 Å². The molecule has 1 atom stereocenters. The summed E-state index contributed by atoms with van der Waals surface area (Å²) in [5.74, 6) is 0.0198. The van der Waals surface area contributed by atoms with Crippen LogP contribution in [-0.4, -0.2) is 49.0 Å². The Labute approximate surface area is 168 Å². The summed E-state index contributed by atoms with van der Waals surface area (Å²) in [6, 6.07) is 7.19. The van der Waals surface area contributed by atoms with Gasteiger partial charge in [0.15, 0.2) is 0 Å². The lowest BCUT2D eigenvalue weighted by Crippen LogP contribution is -2.36. The number of likely N-dealkylation sites (N-methyl/N-ethyl adjacent to an activating group) is 1. The first-order chi connectivity index (χ1) is 13.6. The number of nitrogens with one attached hydrogen (secondary N) is 3. The molecule has 1 aromatic carbocycles. The third-order valence-electron chi connectivity index (χ3n) is 6.36. The highest BCUT2D eigenvalue weighted by atomic mass is 16.1. The largest absolute Gasteiger partial charge is 0.357 e. The zero-order valence-electron chi connectivity index (χ0n) is 17.3. The molecule has 5 heteroatoms. The van der Waals surface area contributed by atoms with E-state index < -0.39 is 0 Å². The van der Waals surface area contributed by atoms with Gasteiger partial charge in [-0.3, -0.25) is 4.79 Å². The second-order valence-corrected chi connectivity index (χ2v) is 8.78. The van der Waals surface area contributed by atoms with Crippen molar-refractivity contribution in [2.24, 2.45) is 0 Å². The number of aromatic amines is 1. The van der Waals surface area contributed by atoms with E-state index in [0.717, 1.165) is 24.0 Å². The van der Waals surface area contributed by atoms with E-state index >= 15 is 0 Å². The van der Waals surface area contributed by atoms with Crippen LogP contribution >= 0.6 is 0 Å². The molecule has 2 aliphatic rings. The van der Waals surface area contributed by atoms with E-state index in [1.165, 1.54) is 61.6 Å². The number of carbonyl (C=O) groups is 1. The highest BCUT2D eigenvalue weighted by molar-refractivity contribution is 5.99. The maximum atomic E-state index is 12.5. The first-order valence-electron chi connectivity index (χ1n) is 11.0. The van der Waals surface area contributed by atoms with Crippen LogP contribution in [0.4, 0.5) is 0 Å². The van der Waals surface area contributed by atoms with Gasteiger partial charge in [-0.25, -0.2) is 0 Å². The number of benzene rings is 1. The quantitative estimate of drug-likeness (QED) is 0.713. The molecule has 1 aromatic heterocycles. The van der Waals surface area contributed by atoms with Crippen LogP contribution in [0.25, 0.3) is 10.9 Å². The van der Waals surface area contributed by atoms with Crippen molar-refractivity contribution in [3.05, 3.63) is 35.0 Å². The molecular weight excluding hydrogens is 348 g/mol. The molecule has 2 aliphatic carbocycles. The number of fused-ring (bicyclic) bond motifs is 3. The highest BCUT2D eigenvalue weighted by Gasteiger charge is 2.27. The summed E-state index contributed by atoms with van der Waals surface area (Å²) in [7, 11) is 4.03. The van der Waals surface area contributed by atoms with Crippen LogP contribution in [0.3, 0.4) is 0 Å². The Morgan fingerprint density at radius 3 is 2.75 bits per heavy atom. The lowest BCUT2D eigenvalue weighted by Gasteiger charge is -2.31. The minimum Gasteiger partial charge on any atom is -0.357 e. The number of carbonyl (C=O) groups excluding carboxylic acids is 1. The average Bonchev–Trinajstić information content (AvgIpc) is 3.07. The van der Waals surface area contributed by atoms with Crippen molar-refractivity contribution in [2.75, 3.05) is 27.2 Å². The smallest absolute Gasteiger partial charge is 0.251 e. The van der Waals surface area contributed by atoms with Gasteiger partial charge in [-0.05, 0) is 70.0 Å². The van der Waals surface area contributed by atoms with Crippen LogP contribution in [0, 0.1) is 0 Å². The normalized spacial score (nSPS) is 20.5. The fourth-order valence-electron chi connectivity index (χ4n) is 4.82. The lowest BCUT2D eigenvalue weighted by molar-refractivity contribution is 0.0951. The molecule has 3 N–H and O–H groups in total. The number of nitrogens with zero attached hydrogens (tertiary/aromatic N) is 1. The lowest BCUT2D eigenvalue weighted by atomic mass is 9.89. The summed E-state index contributed by atoms with van der Waals surface area (Å²) in [5, 5.41) is 8.19. The number of rotatable bonds is 6. The Morgan fingerprint density at radius 1 is 1.14 bits per heavy atom. The summed E-state index contributed by atoms with van der Waals surface area (Å²) < 4.78 is 0. The maximum absolute atomic E-state index is 12.5. The summed E-state index contributed by atoms with van der Waals surface area (Å²) in [4.78, 5) is 18.3. The Kier molecular flexibility index (Phi) is 6.02. The number of H-pyrrole nitrogens is 1. The van der Waals surface area contributed by atoms with E-state index in [-0.39, 0.29) is 5.91 Å². The van der Waals surface area contributed by atoms with Crippen LogP contribution in [-0.2, 0) is 6.42 Å². The fraction of sp³-hybridized carbons (Fsp3) is 0.609. The molecule has 1 saturated carbocycles. The number of aromatic nitrogens is 1. The van der Waals surface area contributed by atoms with Crippen molar-refractivity contribution >= 4 is 16.8 Å². The van der Waals surface area contributed by atoms with Crippen molar-refractivity contribution in [3.8, 4) is 0 Å². The molecule has 0 spiro atoms. The van der Waals surface area contributed by atoms with Gasteiger partial charge >= 0.3 is 0 Å². The predicted molar refractivity (Wildman–Crippen MR) is 115 cm³/mol. The van der Waals surface area contributed by atoms with E-state index in [4.69, 9.17) is 0 Å². The second kappa shape index (κ2) is 8.66. The monoisotopic (exact) mass is 382 g/mol. The predicted octanol–water partition coefficient (Wildman–Crippen LogP) is 3.76. The Balaban J connectivity index is 1.53. The molecule has 0 saturated heterocycles. The number of hydrogen-bond donors (Lipinski definition) is 3. The number of aryl methyl sites for hydroxylation is 1. The third-order valence-corrected chi connectivity index (χ3v) is 6.36. The van der Waals surface area contributed by atoms with E-state index in [9.17, 15) is 4.79 Å². The van der Waals surface area contributed by atoms with E-state index in [1.54, 1.807) is 0 Å². The van der Waals surface area contributed by atoms with Crippen molar-refractivity contribution in [2.45, 2.75) is 63.5 Å². The van der Waals surface area contributed by atoms with Crippen LogP contribution in [0.1, 0.15) is 72.6 Å². The molecule has 28 heavy (non-hydrogen) atoms. The third kappa shape index (κ3) is 4.26. The molecule has 4 rings (SSSR count). The van der Waals surface area contributed by atoms with Gasteiger partial charge in [-0.2, -0.15) is 0 Å². The fourth-order valence-corrected chi connectivity index (χ4v) is 4.82. The molecule has 5 nitrogen and oxygen atoms in total. The van der Waals surface area contributed by atoms with Gasteiger partial charge < -0.3 is 20.5 Å². The van der Waals surface area contributed by atoms with Crippen molar-refractivity contribution < 1.29 is 4.79 Å². The molecule has 152 valence electrons. The molecule has 2 aromatic rings. The van der Waals surface area contributed by atoms with Crippen molar-refractivity contribution in [3.63, 3.8) is 0 Å². The van der Waals surface area contributed by atoms with Crippen LogP contribution in [0.2, 0.25) is 0 Å². The number of amides is 1. The van der Waals surface area contributed by atoms with Gasteiger partial charge in [0.05, 0.1) is 0 Å². The first-order valence-corrected chi connectivity index (χ1v) is 11.0. The van der Waals surface area contributed by atoms with E-state index in [1.807, 2.05) is 20.2 Å². The summed E-state index contributed by atoms with van der Waals surface area (Å²) >= 11 is 0. The zero-order chi connectivity index (χ0) is 19.5. The first kappa shape index (κ1) is 19.5. The molecule has 0 radical (unpaired) electrons. The number of hydrogen-bond acceptors (Lipinski definition) is 3. The topological polar surface area (TPSA) is 60.2 Å². The summed E-state index contributed by atoms with van der Waals surface area (Å²) in [6.45, 7) is 1.52. The van der Waals surface area contributed by atoms with Gasteiger partial charge in [0.1, 0.15) is 0 Å². The minimum atomic E-state index is 0.0198. The molecule has 1 unspecified atom stereocenters. The second-order valence-electron chi connectivity index (χ2n) is 8.78. The molecule has 1 fully saturated rings. The Morgan fingerprint density at radius 2 is 1.96 bits per heavy atom. The standard InChI is InChI=1S/C23H34N4O/c1-27(2)14-13-24-23(28)16-11-12-20-19(15-16)18-9-6-10-21(22(18)26-20)25-17-7-4-3-5-8-17/h11-12,15,17,21,25-26H,3-10,13-14H2,1-2H3,(H,24,28). The van der Waals surface area contributed by atoms with E-state index in [2.05, 4.69) is 32.7 Å². The SMILES string of the molecule is CN(C)CCNC(=O)c1ccc2[nH]c3c(c2c1)CCCC3NC1CCCCC1. The Bertz CT molecular complexity index is 819. The highest BCUT2D eigenvalue weighted by Crippen LogP contribution is 2.36. The molecule has 0 bridgehead atoms. The maximum Gasteiger partial charge on any atom is 0.251 e. The Hall–Kier alpha value is -1.85. The van der Waals surface area contributed by atoms with E-state index in [0.29, 0.717) is 18.6 Å².